The van der Waals surface area contributed by atoms with Crippen molar-refractivity contribution in [2.24, 2.45) is 7.05 Å². The zero-order valence-electron chi connectivity index (χ0n) is 14.1. The number of nitrogens with one attached hydrogen (secondary N) is 1. The van der Waals surface area contributed by atoms with E-state index in [2.05, 4.69) is 12.2 Å². The largest absolute Gasteiger partial charge is 0.352 e. The van der Waals surface area contributed by atoms with Gasteiger partial charge in [-0.05, 0) is 39.3 Å². The molecule has 1 aromatic heterocycles. The standard InChI is InChI=1S/C15H29N3O2S/c1-7-9-16-11-13-10-14(12-17(13)5)21(19,20)18(6)15(3,4)8-2/h10,12,16H,7-9,11H2,1-6H3. The zero-order valence-corrected chi connectivity index (χ0v) is 14.9. The molecule has 0 saturated carbocycles. The van der Waals surface area contributed by atoms with Gasteiger partial charge in [0, 0.05) is 38.1 Å². The van der Waals surface area contributed by atoms with Gasteiger partial charge in [0.2, 0.25) is 10.0 Å². The van der Waals surface area contributed by atoms with Crippen molar-refractivity contribution in [2.75, 3.05) is 13.6 Å². The van der Waals surface area contributed by atoms with Crippen LogP contribution in [-0.4, -0.2) is 36.4 Å². The van der Waals surface area contributed by atoms with Gasteiger partial charge in [0.15, 0.2) is 0 Å². The van der Waals surface area contributed by atoms with E-state index >= 15 is 0 Å². The summed E-state index contributed by atoms with van der Waals surface area (Å²) in [4.78, 5) is 0.363. The Bertz CT molecular complexity index is 561. The highest BCUT2D eigenvalue weighted by Gasteiger charge is 2.33. The van der Waals surface area contributed by atoms with Gasteiger partial charge in [-0.2, -0.15) is 4.31 Å². The van der Waals surface area contributed by atoms with Crippen LogP contribution in [0, 0.1) is 0 Å². The van der Waals surface area contributed by atoms with E-state index in [-0.39, 0.29) is 0 Å². The predicted octanol–water partition coefficient (Wildman–Crippen LogP) is 2.33. The molecule has 0 amide bonds. The van der Waals surface area contributed by atoms with Crippen molar-refractivity contribution < 1.29 is 8.42 Å². The molecule has 21 heavy (non-hydrogen) atoms. The van der Waals surface area contributed by atoms with Crippen molar-refractivity contribution in [3.63, 3.8) is 0 Å². The van der Waals surface area contributed by atoms with Crippen LogP contribution in [0.2, 0.25) is 0 Å². The summed E-state index contributed by atoms with van der Waals surface area (Å²) in [7, 11) is 0.0792. The molecule has 0 radical (unpaired) electrons. The van der Waals surface area contributed by atoms with Gasteiger partial charge in [0.05, 0.1) is 0 Å². The Morgan fingerprint density at radius 3 is 2.48 bits per heavy atom. The first kappa shape index (κ1) is 18.2. The van der Waals surface area contributed by atoms with Crippen molar-refractivity contribution in [1.82, 2.24) is 14.2 Å². The topological polar surface area (TPSA) is 54.3 Å². The van der Waals surface area contributed by atoms with E-state index in [1.807, 2.05) is 32.4 Å². The molecule has 5 nitrogen and oxygen atoms in total. The smallest absolute Gasteiger partial charge is 0.244 e. The minimum absolute atomic E-state index is 0.363. The van der Waals surface area contributed by atoms with Crippen LogP contribution in [0.5, 0.6) is 0 Å². The van der Waals surface area contributed by atoms with E-state index in [9.17, 15) is 8.42 Å². The van der Waals surface area contributed by atoms with Crippen molar-refractivity contribution in [2.45, 2.75) is 57.5 Å². The molecule has 122 valence electrons. The summed E-state index contributed by atoms with van der Waals surface area (Å²) in [6.45, 7) is 9.60. The molecule has 0 aliphatic rings. The number of hydrogen-bond donors (Lipinski definition) is 1. The summed E-state index contributed by atoms with van der Waals surface area (Å²) < 4.78 is 28.8. The van der Waals surface area contributed by atoms with Gasteiger partial charge in [0.25, 0.3) is 0 Å². The van der Waals surface area contributed by atoms with E-state index < -0.39 is 15.6 Å². The molecule has 0 aliphatic heterocycles. The maximum absolute atomic E-state index is 12.7. The number of hydrogen-bond acceptors (Lipinski definition) is 3. The summed E-state index contributed by atoms with van der Waals surface area (Å²) in [5, 5.41) is 3.30. The SMILES string of the molecule is CCCNCc1cc(S(=O)(=O)N(C)C(C)(C)CC)cn1C. The lowest BCUT2D eigenvalue weighted by molar-refractivity contribution is 0.257. The van der Waals surface area contributed by atoms with Crippen LogP contribution < -0.4 is 5.32 Å². The van der Waals surface area contributed by atoms with Crippen LogP contribution in [0.4, 0.5) is 0 Å². The summed E-state index contributed by atoms with van der Waals surface area (Å²) in [6.07, 6.45) is 3.52. The molecule has 0 atom stereocenters. The second-order valence-electron chi connectivity index (χ2n) is 6.09. The maximum atomic E-state index is 12.7. The molecular weight excluding hydrogens is 286 g/mol. The third kappa shape index (κ3) is 4.08. The molecule has 0 aliphatic carbocycles. The number of sulfonamides is 1. The van der Waals surface area contributed by atoms with E-state index in [0.717, 1.165) is 25.1 Å². The number of aryl methyl sites for hydroxylation is 1. The van der Waals surface area contributed by atoms with Gasteiger partial charge < -0.3 is 9.88 Å². The van der Waals surface area contributed by atoms with Crippen molar-refractivity contribution in [3.8, 4) is 0 Å². The van der Waals surface area contributed by atoms with Crippen LogP contribution in [-0.2, 0) is 23.6 Å². The van der Waals surface area contributed by atoms with E-state index in [0.29, 0.717) is 11.4 Å². The average Bonchev–Trinajstić information content (AvgIpc) is 2.80. The van der Waals surface area contributed by atoms with Crippen LogP contribution in [0.15, 0.2) is 17.2 Å². The van der Waals surface area contributed by atoms with Crippen LogP contribution in [0.25, 0.3) is 0 Å². The lowest BCUT2D eigenvalue weighted by Crippen LogP contribution is -2.44. The molecule has 0 spiro atoms. The maximum Gasteiger partial charge on any atom is 0.244 e. The second kappa shape index (κ2) is 6.94. The highest BCUT2D eigenvalue weighted by Crippen LogP contribution is 2.26. The molecule has 1 N–H and O–H groups in total. The van der Waals surface area contributed by atoms with E-state index in [1.165, 1.54) is 4.31 Å². The zero-order chi connectivity index (χ0) is 16.3. The Hall–Kier alpha value is -0.850. The molecule has 6 heteroatoms. The molecule has 0 bridgehead atoms. The number of rotatable bonds is 8. The van der Waals surface area contributed by atoms with Gasteiger partial charge in [-0.25, -0.2) is 8.42 Å². The Kier molecular flexibility index (Phi) is 6.01. The molecule has 1 rings (SSSR count). The monoisotopic (exact) mass is 315 g/mol. The van der Waals surface area contributed by atoms with Crippen LogP contribution >= 0.6 is 0 Å². The summed E-state index contributed by atoms with van der Waals surface area (Å²) >= 11 is 0. The minimum atomic E-state index is -3.46. The van der Waals surface area contributed by atoms with Crippen LogP contribution in [0.1, 0.15) is 46.2 Å². The third-order valence-corrected chi connectivity index (χ3v) is 6.23. The first-order chi connectivity index (χ1) is 9.66. The summed E-state index contributed by atoms with van der Waals surface area (Å²) in [5.41, 5.74) is 0.583. The van der Waals surface area contributed by atoms with Gasteiger partial charge in [-0.3, -0.25) is 0 Å². The highest BCUT2D eigenvalue weighted by molar-refractivity contribution is 7.89. The molecular formula is C15H29N3O2S. The fourth-order valence-electron chi connectivity index (χ4n) is 1.99. The van der Waals surface area contributed by atoms with Gasteiger partial charge in [-0.1, -0.05) is 13.8 Å². The lowest BCUT2D eigenvalue weighted by Gasteiger charge is -2.33. The predicted molar refractivity (Wildman–Crippen MR) is 86.7 cm³/mol. The van der Waals surface area contributed by atoms with Crippen molar-refractivity contribution in [1.29, 1.82) is 0 Å². The Labute approximate surface area is 129 Å². The van der Waals surface area contributed by atoms with Gasteiger partial charge in [0.1, 0.15) is 4.90 Å². The Balaban J connectivity index is 3.02. The van der Waals surface area contributed by atoms with Gasteiger partial charge in [-0.15, -0.1) is 0 Å². The van der Waals surface area contributed by atoms with E-state index in [4.69, 9.17) is 0 Å². The number of nitrogens with zero attached hydrogens (tertiary/aromatic N) is 2. The molecule has 0 unspecified atom stereocenters. The fraction of sp³-hybridized carbons (Fsp3) is 0.733. The average molecular weight is 315 g/mol. The Morgan fingerprint density at radius 2 is 1.95 bits per heavy atom. The number of aromatic nitrogens is 1. The van der Waals surface area contributed by atoms with Gasteiger partial charge >= 0.3 is 0 Å². The molecule has 0 aromatic carbocycles. The van der Waals surface area contributed by atoms with Crippen LogP contribution in [0.3, 0.4) is 0 Å². The summed E-state index contributed by atoms with van der Waals surface area (Å²) in [6, 6.07) is 1.76. The normalized spacial score (nSPS) is 13.1. The molecule has 1 heterocycles. The van der Waals surface area contributed by atoms with E-state index in [1.54, 1.807) is 19.3 Å². The first-order valence-electron chi connectivity index (χ1n) is 7.51. The molecule has 0 fully saturated rings. The minimum Gasteiger partial charge on any atom is -0.352 e. The first-order valence-corrected chi connectivity index (χ1v) is 8.95. The van der Waals surface area contributed by atoms with Crippen molar-refractivity contribution >= 4 is 10.0 Å². The second-order valence-corrected chi connectivity index (χ2v) is 8.06. The quantitative estimate of drug-likeness (QED) is 0.749. The molecule has 1 aromatic rings. The lowest BCUT2D eigenvalue weighted by atomic mass is 10.0. The summed E-state index contributed by atoms with van der Waals surface area (Å²) in [5.74, 6) is 0. The van der Waals surface area contributed by atoms with Crippen molar-refractivity contribution in [3.05, 3.63) is 18.0 Å². The third-order valence-electron chi connectivity index (χ3n) is 4.19. The fourth-order valence-corrected chi connectivity index (χ4v) is 3.67. The molecule has 0 saturated heterocycles. The highest BCUT2D eigenvalue weighted by atomic mass is 32.2. The Morgan fingerprint density at radius 1 is 1.33 bits per heavy atom.